The van der Waals surface area contributed by atoms with E-state index in [1.165, 1.54) is 6.07 Å². The first-order valence-electron chi connectivity index (χ1n) is 4.29. The van der Waals surface area contributed by atoms with Crippen LogP contribution in [-0.4, -0.2) is 6.54 Å². The number of rotatable bonds is 0. The molecule has 1 aliphatic rings. The van der Waals surface area contributed by atoms with E-state index in [1.807, 2.05) is 13.0 Å². The predicted octanol–water partition coefficient (Wildman–Crippen LogP) is 2.03. The van der Waals surface area contributed by atoms with E-state index in [9.17, 15) is 4.39 Å². The molecule has 0 saturated heterocycles. The normalized spacial score (nSPS) is 22.0. The second-order valence-corrected chi connectivity index (χ2v) is 3.24. The van der Waals surface area contributed by atoms with Gasteiger partial charge in [0.2, 0.25) is 0 Å². The molecule has 1 heterocycles. The van der Waals surface area contributed by atoms with Gasteiger partial charge in [-0.1, -0.05) is 12.1 Å². The molecule has 1 aromatic carbocycles. The first-order chi connectivity index (χ1) is 5.79. The Hall–Kier alpha value is -0.890. The van der Waals surface area contributed by atoms with Gasteiger partial charge >= 0.3 is 0 Å². The van der Waals surface area contributed by atoms with E-state index in [0.29, 0.717) is 0 Å². The maximum Gasteiger partial charge on any atom is 0.128 e. The Morgan fingerprint density at radius 3 is 3.08 bits per heavy atom. The minimum atomic E-state index is -0.0767. The van der Waals surface area contributed by atoms with Crippen LogP contribution in [0.4, 0.5) is 4.39 Å². The standard InChI is InChI=1S/C10H12FN/c1-7-10-8(5-6-12-7)3-2-4-9(10)11/h2-4,7,12H,5-6H2,1H3/t7-/m0/s1. The van der Waals surface area contributed by atoms with E-state index in [0.717, 1.165) is 24.1 Å². The molecule has 0 spiro atoms. The predicted molar refractivity (Wildman–Crippen MR) is 46.5 cm³/mol. The van der Waals surface area contributed by atoms with E-state index in [1.54, 1.807) is 6.07 Å². The molecule has 1 N–H and O–H groups in total. The fourth-order valence-electron chi connectivity index (χ4n) is 1.81. The zero-order valence-electron chi connectivity index (χ0n) is 7.10. The van der Waals surface area contributed by atoms with Gasteiger partial charge in [0, 0.05) is 11.6 Å². The lowest BCUT2D eigenvalue weighted by Gasteiger charge is -2.23. The number of hydrogen-bond acceptors (Lipinski definition) is 1. The molecular formula is C10H12FN. The lowest BCUT2D eigenvalue weighted by molar-refractivity contribution is 0.499. The van der Waals surface area contributed by atoms with Crippen molar-refractivity contribution in [3.05, 3.63) is 35.1 Å². The van der Waals surface area contributed by atoms with Crippen LogP contribution < -0.4 is 5.32 Å². The van der Waals surface area contributed by atoms with Crippen LogP contribution in [0.2, 0.25) is 0 Å². The van der Waals surface area contributed by atoms with Gasteiger partial charge in [0.1, 0.15) is 5.82 Å². The topological polar surface area (TPSA) is 12.0 Å². The smallest absolute Gasteiger partial charge is 0.128 e. The van der Waals surface area contributed by atoms with Gasteiger partial charge in [-0.25, -0.2) is 4.39 Å². The summed E-state index contributed by atoms with van der Waals surface area (Å²) < 4.78 is 13.3. The monoisotopic (exact) mass is 165 g/mol. The third kappa shape index (κ3) is 1.12. The summed E-state index contributed by atoms with van der Waals surface area (Å²) in [5.41, 5.74) is 2.00. The number of halogens is 1. The molecular weight excluding hydrogens is 153 g/mol. The maximum absolute atomic E-state index is 13.3. The molecule has 64 valence electrons. The van der Waals surface area contributed by atoms with Crippen molar-refractivity contribution in [2.75, 3.05) is 6.54 Å². The second kappa shape index (κ2) is 2.87. The van der Waals surface area contributed by atoms with Crippen LogP contribution in [0.15, 0.2) is 18.2 Å². The molecule has 0 aromatic heterocycles. The lowest BCUT2D eigenvalue weighted by atomic mass is 9.95. The molecule has 0 radical (unpaired) electrons. The number of nitrogens with one attached hydrogen (secondary N) is 1. The van der Waals surface area contributed by atoms with Crippen LogP contribution in [0.25, 0.3) is 0 Å². The molecule has 1 atom stereocenters. The molecule has 1 aliphatic heterocycles. The van der Waals surface area contributed by atoms with Crippen LogP contribution >= 0.6 is 0 Å². The summed E-state index contributed by atoms with van der Waals surface area (Å²) in [7, 11) is 0. The first-order valence-corrected chi connectivity index (χ1v) is 4.29. The van der Waals surface area contributed by atoms with E-state index in [4.69, 9.17) is 0 Å². The minimum Gasteiger partial charge on any atom is -0.310 e. The number of hydrogen-bond donors (Lipinski definition) is 1. The molecule has 0 saturated carbocycles. The highest BCUT2D eigenvalue weighted by atomic mass is 19.1. The van der Waals surface area contributed by atoms with Gasteiger partial charge in [0.25, 0.3) is 0 Å². The first kappa shape index (κ1) is 7.74. The maximum atomic E-state index is 13.3. The Balaban J connectivity index is 2.53. The molecule has 2 rings (SSSR count). The van der Waals surface area contributed by atoms with Crippen molar-refractivity contribution in [1.82, 2.24) is 5.32 Å². The molecule has 0 amide bonds. The summed E-state index contributed by atoms with van der Waals surface area (Å²) in [4.78, 5) is 0. The summed E-state index contributed by atoms with van der Waals surface area (Å²) in [6, 6.07) is 5.49. The van der Waals surface area contributed by atoms with Gasteiger partial charge in [0.05, 0.1) is 0 Å². The van der Waals surface area contributed by atoms with E-state index in [2.05, 4.69) is 5.32 Å². The summed E-state index contributed by atoms with van der Waals surface area (Å²) in [6.45, 7) is 2.96. The number of benzene rings is 1. The Bertz CT molecular complexity index is 296. The van der Waals surface area contributed by atoms with Crippen LogP contribution in [0.3, 0.4) is 0 Å². The van der Waals surface area contributed by atoms with E-state index < -0.39 is 0 Å². The molecule has 12 heavy (non-hydrogen) atoms. The molecule has 1 aromatic rings. The average molecular weight is 165 g/mol. The van der Waals surface area contributed by atoms with Crippen molar-refractivity contribution in [3.63, 3.8) is 0 Å². The van der Waals surface area contributed by atoms with Crippen LogP contribution in [0, 0.1) is 5.82 Å². The second-order valence-electron chi connectivity index (χ2n) is 3.24. The summed E-state index contributed by atoms with van der Waals surface area (Å²) >= 11 is 0. The van der Waals surface area contributed by atoms with Crippen molar-refractivity contribution in [2.24, 2.45) is 0 Å². The fourth-order valence-corrected chi connectivity index (χ4v) is 1.81. The van der Waals surface area contributed by atoms with Gasteiger partial charge in [-0.15, -0.1) is 0 Å². The fraction of sp³-hybridized carbons (Fsp3) is 0.400. The van der Waals surface area contributed by atoms with E-state index >= 15 is 0 Å². The van der Waals surface area contributed by atoms with Crippen molar-refractivity contribution in [1.29, 1.82) is 0 Å². The highest BCUT2D eigenvalue weighted by Crippen LogP contribution is 2.24. The Kier molecular flexibility index (Phi) is 1.85. The molecule has 0 bridgehead atoms. The molecule has 1 nitrogen and oxygen atoms in total. The van der Waals surface area contributed by atoms with Crippen molar-refractivity contribution in [2.45, 2.75) is 19.4 Å². The molecule has 0 aliphatic carbocycles. The molecule has 0 unspecified atom stereocenters. The quantitative estimate of drug-likeness (QED) is 0.620. The Labute approximate surface area is 71.6 Å². The van der Waals surface area contributed by atoms with Gasteiger partial charge in [-0.2, -0.15) is 0 Å². The van der Waals surface area contributed by atoms with Crippen molar-refractivity contribution in [3.8, 4) is 0 Å². The highest BCUT2D eigenvalue weighted by Gasteiger charge is 2.18. The number of fused-ring (bicyclic) bond motifs is 1. The third-order valence-electron chi connectivity index (χ3n) is 2.42. The Morgan fingerprint density at radius 2 is 2.33 bits per heavy atom. The third-order valence-corrected chi connectivity index (χ3v) is 2.42. The summed E-state index contributed by atoms with van der Waals surface area (Å²) in [5.74, 6) is -0.0767. The SMILES string of the molecule is C[C@@H]1NCCc2cccc(F)c21. The molecule has 0 fully saturated rings. The zero-order chi connectivity index (χ0) is 8.55. The Morgan fingerprint density at radius 1 is 1.50 bits per heavy atom. The average Bonchev–Trinajstić information content (AvgIpc) is 2.04. The summed E-state index contributed by atoms with van der Waals surface area (Å²) in [6.07, 6.45) is 0.942. The van der Waals surface area contributed by atoms with Gasteiger partial charge in [-0.05, 0) is 31.5 Å². The zero-order valence-corrected chi connectivity index (χ0v) is 7.10. The minimum absolute atomic E-state index is 0.0767. The van der Waals surface area contributed by atoms with Crippen LogP contribution in [0.5, 0.6) is 0 Å². The van der Waals surface area contributed by atoms with Crippen molar-refractivity contribution >= 4 is 0 Å². The van der Waals surface area contributed by atoms with E-state index in [-0.39, 0.29) is 11.9 Å². The van der Waals surface area contributed by atoms with Crippen molar-refractivity contribution < 1.29 is 4.39 Å². The van der Waals surface area contributed by atoms with Gasteiger partial charge in [-0.3, -0.25) is 0 Å². The summed E-state index contributed by atoms with van der Waals surface area (Å²) in [5, 5.41) is 3.24. The van der Waals surface area contributed by atoms with Gasteiger partial charge < -0.3 is 5.32 Å². The van der Waals surface area contributed by atoms with Crippen LogP contribution in [-0.2, 0) is 6.42 Å². The largest absolute Gasteiger partial charge is 0.310 e. The van der Waals surface area contributed by atoms with Gasteiger partial charge in [0.15, 0.2) is 0 Å². The lowest BCUT2D eigenvalue weighted by Crippen LogP contribution is -2.28. The molecule has 2 heteroatoms. The van der Waals surface area contributed by atoms with Crippen LogP contribution in [0.1, 0.15) is 24.1 Å². The highest BCUT2D eigenvalue weighted by molar-refractivity contribution is 5.33.